The van der Waals surface area contributed by atoms with Crippen LogP contribution in [-0.4, -0.2) is 27.3 Å². The Labute approximate surface area is 146 Å². The van der Waals surface area contributed by atoms with E-state index < -0.39 is 11.9 Å². The number of aromatic carboxylic acids is 1. The monoisotopic (exact) mass is 341 g/mol. The van der Waals surface area contributed by atoms with Gasteiger partial charge in [0.05, 0.1) is 5.56 Å². The van der Waals surface area contributed by atoms with Gasteiger partial charge < -0.3 is 5.11 Å². The van der Waals surface area contributed by atoms with E-state index in [4.69, 9.17) is 0 Å². The topological polar surface area (TPSA) is 76.4 Å². The summed E-state index contributed by atoms with van der Waals surface area (Å²) in [5.74, 6) is -1.23. The smallest absolute Gasteiger partial charge is 0.337 e. The number of carbonyl (C=O) groups is 3. The third-order valence-corrected chi connectivity index (χ3v) is 6.39. The number of ketones is 1. The average Bonchev–Trinajstić information content (AvgIpc) is 3.15. The summed E-state index contributed by atoms with van der Waals surface area (Å²) < 4.78 is 1.37. The van der Waals surface area contributed by atoms with Crippen molar-refractivity contribution < 1.29 is 19.5 Å². The van der Waals surface area contributed by atoms with E-state index in [1.807, 2.05) is 0 Å². The molecule has 1 saturated carbocycles. The fourth-order valence-corrected chi connectivity index (χ4v) is 5.15. The van der Waals surface area contributed by atoms with Gasteiger partial charge in [-0.25, -0.2) is 4.79 Å². The fourth-order valence-electron chi connectivity index (χ4n) is 5.15. The molecule has 4 rings (SSSR count). The second-order valence-electron chi connectivity index (χ2n) is 7.73. The average molecular weight is 341 g/mol. The van der Waals surface area contributed by atoms with Crippen molar-refractivity contribution in [1.82, 2.24) is 4.57 Å². The molecule has 1 aromatic heterocycles. The molecule has 1 fully saturated rings. The van der Waals surface area contributed by atoms with E-state index in [1.54, 1.807) is 0 Å². The van der Waals surface area contributed by atoms with Crippen LogP contribution in [0.25, 0.3) is 0 Å². The summed E-state index contributed by atoms with van der Waals surface area (Å²) in [4.78, 5) is 37.4. The van der Waals surface area contributed by atoms with Crippen molar-refractivity contribution in [2.24, 2.45) is 29.6 Å². The fraction of sp³-hybridized carbons (Fsp3) is 0.550. The minimum atomic E-state index is -1.05. The molecule has 25 heavy (non-hydrogen) atoms. The highest BCUT2D eigenvalue weighted by Crippen LogP contribution is 2.45. The maximum Gasteiger partial charge on any atom is 0.337 e. The van der Waals surface area contributed by atoms with Crippen molar-refractivity contribution in [3.8, 4) is 0 Å². The van der Waals surface area contributed by atoms with Gasteiger partial charge in [-0.15, -0.1) is 0 Å². The predicted octanol–water partition coefficient (Wildman–Crippen LogP) is 3.20. The van der Waals surface area contributed by atoms with Crippen LogP contribution in [0.5, 0.6) is 0 Å². The van der Waals surface area contributed by atoms with Crippen LogP contribution >= 0.6 is 0 Å². The number of fused-ring (bicyclic) bond motifs is 2. The molecule has 5 atom stereocenters. The Kier molecular flexibility index (Phi) is 3.89. The van der Waals surface area contributed by atoms with Crippen LogP contribution in [0.15, 0.2) is 24.4 Å². The van der Waals surface area contributed by atoms with Crippen molar-refractivity contribution in [1.29, 1.82) is 0 Å². The van der Waals surface area contributed by atoms with Crippen molar-refractivity contribution in [2.75, 3.05) is 0 Å². The number of allylic oxidation sites excluding steroid dienone is 2. The molecule has 2 heterocycles. The molecule has 1 aliphatic heterocycles. The van der Waals surface area contributed by atoms with Gasteiger partial charge in [0.1, 0.15) is 11.7 Å². The summed E-state index contributed by atoms with van der Waals surface area (Å²) in [6.45, 7) is 2.06. The first-order chi connectivity index (χ1) is 12.0. The maximum atomic E-state index is 13.3. The molecule has 5 heteroatoms. The van der Waals surface area contributed by atoms with E-state index in [1.165, 1.54) is 23.3 Å². The molecule has 0 bridgehead atoms. The molecule has 3 aliphatic rings. The zero-order valence-corrected chi connectivity index (χ0v) is 14.4. The van der Waals surface area contributed by atoms with E-state index in [0.29, 0.717) is 17.5 Å². The Hall–Kier alpha value is -2.17. The highest BCUT2D eigenvalue weighted by atomic mass is 16.4. The van der Waals surface area contributed by atoms with Crippen molar-refractivity contribution in [3.05, 3.63) is 35.7 Å². The van der Waals surface area contributed by atoms with Crippen LogP contribution in [0.2, 0.25) is 0 Å². The number of carboxylic acid groups (broad SMARTS) is 1. The summed E-state index contributed by atoms with van der Waals surface area (Å²) >= 11 is 0. The van der Waals surface area contributed by atoms with Crippen LogP contribution < -0.4 is 0 Å². The normalized spacial score (nSPS) is 33.8. The molecule has 5 unspecified atom stereocenters. The quantitative estimate of drug-likeness (QED) is 0.676. The zero-order chi connectivity index (χ0) is 17.7. The van der Waals surface area contributed by atoms with Crippen molar-refractivity contribution >= 4 is 17.7 Å². The van der Waals surface area contributed by atoms with Crippen LogP contribution in [0, 0.1) is 29.6 Å². The summed E-state index contributed by atoms with van der Waals surface area (Å²) in [6, 6.07) is 1.44. The van der Waals surface area contributed by atoms with E-state index in [2.05, 4.69) is 19.1 Å². The minimum Gasteiger partial charge on any atom is -0.478 e. The summed E-state index contributed by atoms with van der Waals surface area (Å²) in [7, 11) is 0. The third kappa shape index (κ3) is 2.48. The number of aromatic nitrogens is 1. The SMILES string of the molecule is CC1C=CC2CCCCC2C1C(=O)C1Cc2c(C(=O)O)ccn2C1=O. The van der Waals surface area contributed by atoms with Crippen LogP contribution in [0.4, 0.5) is 0 Å². The molecule has 132 valence electrons. The molecule has 0 spiro atoms. The lowest BCUT2D eigenvalue weighted by atomic mass is 9.62. The molecule has 0 radical (unpaired) electrons. The lowest BCUT2D eigenvalue weighted by Gasteiger charge is -2.41. The number of carboxylic acids is 1. The molecule has 1 aromatic rings. The molecule has 0 aromatic carbocycles. The number of hydrogen-bond acceptors (Lipinski definition) is 3. The molecule has 1 N–H and O–H groups in total. The van der Waals surface area contributed by atoms with Gasteiger partial charge in [-0.3, -0.25) is 14.2 Å². The minimum absolute atomic E-state index is 0.0128. The van der Waals surface area contributed by atoms with Crippen LogP contribution in [0.1, 0.15) is 53.5 Å². The highest BCUT2D eigenvalue weighted by Gasteiger charge is 2.46. The van der Waals surface area contributed by atoms with Crippen LogP contribution in [-0.2, 0) is 11.2 Å². The first kappa shape index (κ1) is 16.3. The first-order valence-electron chi connectivity index (χ1n) is 9.19. The summed E-state index contributed by atoms with van der Waals surface area (Å²) in [5.41, 5.74) is 0.603. The predicted molar refractivity (Wildman–Crippen MR) is 91.5 cm³/mol. The molecular formula is C20H23NO4. The van der Waals surface area contributed by atoms with Gasteiger partial charge >= 0.3 is 5.97 Å². The van der Waals surface area contributed by atoms with E-state index in [0.717, 1.165) is 19.3 Å². The standard InChI is InChI=1S/C20H23NO4/c1-11-6-7-12-4-2-3-5-13(12)17(11)18(22)15-10-16-14(20(24)25)8-9-21(16)19(15)23/h6-9,11-13,15,17H,2-5,10H2,1H3,(H,24,25). The van der Waals surface area contributed by atoms with Gasteiger partial charge in [-0.2, -0.15) is 0 Å². The number of Topliss-reactive ketones (excluding diaryl/α,β-unsaturated/α-hetero) is 1. The number of rotatable bonds is 3. The first-order valence-corrected chi connectivity index (χ1v) is 9.19. The Balaban J connectivity index is 1.62. The summed E-state index contributed by atoms with van der Waals surface area (Å²) in [6.07, 6.45) is 10.6. The second kappa shape index (κ2) is 5.97. The Morgan fingerprint density at radius 1 is 1.20 bits per heavy atom. The molecule has 0 saturated heterocycles. The van der Waals surface area contributed by atoms with Gasteiger partial charge in [0.15, 0.2) is 0 Å². The van der Waals surface area contributed by atoms with Gasteiger partial charge in [0.2, 0.25) is 5.91 Å². The molecular weight excluding hydrogens is 318 g/mol. The van der Waals surface area contributed by atoms with E-state index >= 15 is 0 Å². The summed E-state index contributed by atoms with van der Waals surface area (Å²) in [5, 5.41) is 9.28. The maximum absolute atomic E-state index is 13.3. The largest absolute Gasteiger partial charge is 0.478 e. The number of nitrogens with zero attached hydrogens (tertiary/aromatic N) is 1. The molecule has 2 aliphatic carbocycles. The highest BCUT2D eigenvalue weighted by molar-refractivity contribution is 6.07. The number of carbonyl (C=O) groups excluding carboxylic acids is 2. The zero-order valence-electron chi connectivity index (χ0n) is 14.4. The Morgan fingerprint density at radius 2 is 1.96 bits per heavy atom. The lowest BCUT2D eigenvalue weighted by molar-refractivity contribution is -0.129. The number of hydrogen-bond donors (Lipinski definition) is 1. The lowest BCUT2D eigenvalue weighted by Crippen LogP contribution is -2.42. The van der Waals surface area contributed by atoms with E-state index in [9.17, 15) is 19.5 Å². The molecule has 0 amide bonds. The molecule has 5 nitrogen and oxygen atoms in total. The van der Waals surface area contributed by atoms with Gasteiger partial charge in [-0.05, 0) is 36.7 Å². The van der Waals surface area contributed by atoms with Crippen LogP contribution in [0.3, 0.4) is 0 Å². The van der Waals surface area contributed by atoms with Crippen molar-refractivity contribution in [3.63, 3.8) is 0 Å². The Morgan fingerprint density at radius 3 is 2.72 bits per heavy atom. The van der Waals surface area contributed by atoms with E-state index in [-0.39, 0.29) is 35.5 Å². The third-order valence-electron chi connectivity index (χ3n) is 6.39. The van der Waals surface area contributed by atoms with Gasteiger partial charge in [0.25, 0.3) is 0 Å². The van der Waals surface area contributed by atoms with Gasteiger partial charge in [-0.1, -0.05) is 31.9 Å². The Bertz CT molecular complexity index is 775. The second-order valence-corrected chi connectivity index (χ2v) is 7.73. The van der Waals surface area contributed by atoms with Crippen molar-refractivity contribution in [2.45, 2.75) is 39.0 Å². The van der Waals surface area contributed by atoms with Gasteiger partial charge in [0, 0.05) is 24.2 Å².